The van der Waals surface area contributed by atoms with E-state index in [1.165, 1.54) is 116 Å². The Hall–Kier alpha value is -4.19. The molecule has 0 aliphatic carbocycles. The quantitative estimate of drug-likeness (QED) is 0.0261. The predicted molar refractivity (Wildman–Crippen MR) is 334 cm³/mol. The van der Waals surface area contributed by atoms with Crippen molar-refractivity contribution in [2.45, 2.75) is 297 Å². The van der Waals surface area contributed by atoms with Crippen molar-refractivity contribution < 1.29 is 28.6 Å². The summed E-state index contributed by atoms with van der Waals surface area (Å²) in [6.07, 6.45) is 89.2. The number of ether oxygens (including phenoxy) is 3. The molecule has 0 aromatic carbocycles. The number of unbranched alkanes of at least 4 members (excludes halogenated alkanes) is 26. The van der Waals surface area contributed by atoms with Crippen molar-refractivity contribution in [3.63, 3.8) is 0 Å². The van der Waals surface area contributed by atoms with Gasteiger partial charge in [-0.1, -0.05) is 296 Å². The second kappa shape index (κ2) is 64.3. The van der Waals surface area contributed by atoms with Crippen molar-refractivity contribution in [2.75, 3.05) is 13.2 Å². The molecule has 0 fully saturated rings. The maximum atomic E-state index is 12.8. The van der Waals surface area contributed by atoms with Crippen LogP contribution >= 0.6 is 0 Å². The number of carbonyl (C=O) groups is 3. The molecule has 0 amide bonds. The molecule has 0 heterocycles. The molecule has 6 nitrogen and oxygen atoms in total. The second-order valence-electron chi connectivity index (χ2n) is 21.0. The largest absolute Gasteiger partial charge is 0.462 e. The zero-order valence-electron chi connectivity index (χ0n) is 50.2. The van der Waals surface area contributed by atoms with Gasteiger partial charge < -0.3 is 14.2 Å². The fourth-order valence-electron chi connectivity index (χ4n) is 8.71. The van der Waals surface area contributed by atoms with Crippen LogP contribution in [0.2, 0.25) is 0 Å². The Balaban J connectivity index is 4.25. The molecular weight excluding hydrogens is 949 g/mol. The first-order valence-corrected chi connectivity index (χ1v) is 32.0. The number of allylic oxidation sites excluding steroid dienone is 20. The lowest BCUT2D eigenvalue weighted by Crippen LogP contribution is -2.30. The summed E-state index contributed by atoms with van der Waals surface area (Å²) in [4.78, 5) is 38.1. The maximum absolute atomic E-state index is 12.8. The lowest BCUT2D eigenvalue weighted by molar-refractivity contribution is -0.167. The van der Waals surface area contributed by atoms with Crippen LogP contribution in [0, 0.1) is 0 Å². The van der Waals surface area contributed by atoms with Gasteiger partial charge in [0.1, 0.15) is 13.2 Å². The van der Waals surface area contributed by atoms with Gasteiger partial charge >= 0.3 is 17.9 Å². The van der Waals surface area contributed by atoms with Gasteiger partial charge in [-0.05, 0) is 96.3 Å². The van der Waals surface area contributed by atoms with E-state index >= 15 is 0 Å². The molecule has 0 aliphatic heterocycles. The van der Waals surface area contributed by atoms with Crippen LogP contribution in [0.4, 0.5) is 0 Å². The van der Waals surface area contributed by atoms with Crippen LogP contribution in [0.15, 0.2) is 122 Å². The fraction of sp³-hybridized carbons (Fsp3) is 0.676. The van der Waals surface area contributed by atoms with E-state index in [0.717, 1.165) is 135 Å². The van der Waals surface area contributed by atoms with Gasteiger partial charge in [0.15, 0.2) is 6.10 Å². The topological polar surface area (TPSA) is 78.9 Å². The molecule has 77 heavy (non-hydrogen) atoms. The minimum atomic E-state index is -0.786. The van der Waals surface area contributed by atoms with Crippen molar-refractivity contribution in [3.05, 3.63) is 122 Å². The Kier molecular flexibility index (Phi) is 60.8. The molecule has 0 aromatic heterocycles. The number of rotatable bonds is 57. The summed E-state index contributed by atoms with van der Waals surface area (Å²) in [5.74, 6) is -0.905. The number of esters is 3. The molecule has 6 heteroatoms. The van der Waals surface area contributed by atoms with E-state index in [0.29, 0.717) is 19.3 Å². The highest BCUT2D eigenvalue weighted by Crippen LogP contribution is 2.16. The molecule has 0 saturated carbocycles. The third kappa shape index (κ3) is 62.5. The lowest BCUT2D eigenvalue weighted by atomic mass is 10.0. The molecule has 0 spiro atoms. The highest BCUT2D eigenvalue weighted by atomic mass is 16.6. The van der Waals surface area contributed by atoms with Crippen LogP contribution in [-0.4, -0.2) is 37.2 Å². The first-order chi connectivity index (χ1) is 38.0. The predicted octanol–water partition coefficient (Wildman–Crippen LogP) is 22.0. The molecule has 0 rings (SSSR count). The standard InChI is InChI=1S/C71H118O6/c1-4-7-10-13-16-19-22-25-26-27-28-29-30-31-32-33-34-35-36-37-38-39-40-41-42-43-44-45-46-47-50-52-55-58-61-64-70(73)76-67-68(77-71(74)65-62-59-56-53-49-24-21-18-15-12-9-6-3)66-75-69(72)63-60-57-54-51-48-23-20-17-14-11-8-5-2/h7,10,16,19,25-26,28-29,31-32,34-35,37-38,40-41,43-44,46-47,68H,4-6,8-9,11-15,17-18,20-24,27,30,33,36,39,42,45,48-67H2,1-3H3/b10-7-,19-16-,26-25-,29-28-,32-31-,35-34-,38-37-,41-40-,44-43-,47-46-. The van der Waals surface area contributed by atoms with Crippen LogP contribution in [-0.2, 0) is 28.6 Å². The third-order valence-corrected chi connectivity index (χ3v) is 13.5. The molecule has 0 saturated heterocycles. The summed E-state index contributed by atoms with van der Waals surface area (Å²) in [5.41, 5.74) is 0. The Morgan fingerprint density at radius 3 is 0.792 bits per heavy atom. The van der Waals surface area contributed by atoms with Gasteiger partial charge in [-0.2, -0.15) is 0 Å². The Morgan fingerprint density at radius 1 is 0.273 bits per heavy atom. The number of carbonyl (C=O) groups excluding carboxylic acids is 3. The highest BCUT2D eigenvalue weighted by Gasteiger charge is 2.19. The van der Waals surface area contributed by atoms with Crippen LogP contribution in [0.5, 0.6) is 0 Å². The molecular formula is C71H118O6. The van der Waals surface area contributed by atoms with Crippen molar-refractivity contribution >= 4 is 17.9 Å². The highest BCUT2D eigenvalue weighted by molar-refractivity contribution is 5.71. The summed E-state index contributed by atoms with van der Waals surface area (Å²) in [7, 11) is 0. The molecule has 1 unspecified atom stereocenters. The monoisotopic (exact) mass is 1070 g/mol. The van der Waals surface area contributed by atoms with E-state index in [1.807, 2.05) is 0 Å². The first kappa shape index (κ1) is 72.8. The summed E-state index contributed by atoms with van der Waals surface area (Å²) in [6.45, 7) is 6.51. The van der Waals surface area contributed by atoms with E-state index in [1.54, 1.807) is 0 Å². The molecule has 0 bridgehead atoms. The molecule has 0 N–H and O–H groups in total. The van der Waals surface area contributed by atoms with E-state index < -0.39 is 6.10 Å². The zero-order valence-corrected chi connectivity index (χ0v) is 50.2. The molecule has 438 valence electrons. The van der Waals surface area contributed by atoms with Crippen molar-refractivity contribution in [2.24, 2.45) is 0 Å². The molecule has 1 atom stereocenters. The van der Waals surface area contributed by atoms with Crippen molar-refractivity contribution in [3.8, 4) is 0 Å². The van der Waals surface area contributed by atoms with Gasteiger partial charge in [0.05, 0.1) is 0 Å². The summed E-state index contributed by atoms with van der Waals surface area (Å²) >= 11 is 0. The summed E-state index contributed by atoms with van der Waals surface area (Å²) in [6, 6.07) is 0. The molecule has 0 aliphatic rings. The molecule has 0 radical (unpaired) electrons. The SMILES string of the molecule is CC/C=C\C/C=C\C/C=C\C/C=C\C/C=C\C/C=C\C/C=C\C/C=C\C/C=C\C/C=C\CCCCCCC(=O)OCC(COC(=O)CCCCCCCCCCCCCC)OC(=O)CCCCCCCCCCCCCC. The summed E-state index contributed by atoms with van der Waals surface area (Å²) < 4.78 is 16.8. The second-order valence-corrected chi connectivity index (χ2v) is 21.0. The van der Waals surface area contributed by atoms with Gasteiger partial charge in [-0.3, -0.25) is 14.4 Å². The minimum absolute atomic E-state index is 0.0833. The normalized spacial score (nSPS) is 12.9. The molecule has 0 aromatic rings. The van der Waals surface area contributed by atoms with Gasteiger partial charge in [0.25, 0.3) is 0 Å². The van der Waals surface area contributed by atoms with Crippen molar-refractivity contribution in [1.29, 1.82) is 0 Å². The Labute approximate surface area is 475 Å². The lowest BCUT2D eigenvalue weighted by Gasteiger charge is -2.18. The third-order valence-electron chi connectivity index (χ3n) is 13.5. The zero-order chi connectivity index (χ0) is 55.7. The minimum Gasteiger partial charge on any atom is -0.462 e. The smallest absolute Gasteiger partial charge is 0.306 e. The van der Waals surface area contributed by atoms with E-state index in [4.69, 9.17) is 14.2 Å². The van der Waals surface area contributed by atoms with E-state index in [-0.39, 0.29) is 31.1 Å². The summed E-state index contributed by atoms with van der Waals surface area (Å²) in [5, 5.41) is 0. The van der Waals surface area contributed by atoms with Crippen LogP contribution < -0.4 is 0 Å². The van der Waals surface area contributed by atoms with Crippen molar-refractivity contribution in [1.82, 2.24) is 0 Å². The average Bonchev–Trinajstić information content (AvgIpc) is 3.43. The Morgan fingerprint density at radius 2 is 0.506 bits per heavy atom. The number of hydrogen-bond donors (Lipinski definition) is 0. The maximum Gasteiger partial charge on any atom is 0.306 e. The average molecular weight is 1070 g/mol. The number of hydrogen-bond acceptors (Lipinski definition) is 6. The van der Waals surface area contributed by atoms with Gasteiger partial charge in [-0.25, -0.2) is 0 Å². The van der Waals surface area contributed by atoms with Crippen LogP contribution in [0.3, 0.4) is 0 Å². The Bertz CT molecular complexity index is 1600. The first-order valence-electron chi connectivity index (χ1n) is 32.0. The van der Waals surface area contributed by atoms with E-state index in [2.05, 4.69) is 142 Å². The van der Waals surface area contributed by atoms with Gasteiger partial charge in [-0.15, -0.1) is 0 Å². The van der Waals surface area contributed by atoms with Gasteiger partial charge in [0.2, 0.25) is 0 Å². The van der Waals surface area contributed by atoms with Gasteiger partial charge in [0, 0.05) is 19.3 Å². The van der Waals surface area contributed by atoms with Crippen LogP contribution in [0.1, 0.15) is 290 Å². The van der Waals surface area contributed by atoms with E-state index in [9.17, 15) is 14.4 Å². The fourth-order valence-corrected chi connectivity index (χ4v) is 8.71. The van der Waals surface area contributed by atoms with Crippen LogP contribution in [0.25, 0.3) is 0 Å².